The molecule has 2 fully saturated rings. The number of hydrogen-bond acceptors (Lipinski definition) is 5. The number of urea groups is 1. The standard InChI is InChI=1S/C28H40N4O4/c1-5-32-23(18-30-13-8-14-31(16-15-30)26(33)21-9-7-10-21)24(27(34)36-6-2)25(29-28(32)35)22-17-19(3)11-12-20(22)4/h11-12,17,21,25H,5-10,13-16,18H2,1-4H3,(H,29,35). The van der Waals surface area contributed by atoms with Crippen molar-refractivity contribution in [3.63, 3.8) is 0 Å². The molecule has 1 aliphatic carbocycles. The van der Waals surface area contributed by atoms with Gasteiger partial charge in [0, 0.05) is 50.9 Å². The summed E-state index contributed by atoms with van der Waals surface area (Å²) in [5.41, 5.74) is 4.18. The largest absolute Gasteiger partial charge is 0.463 e. The summed E-state index contributed by atoms with van der Waals surface area (Å²) in [6, 6.07) is 5.31. The Morgan fingerprint density at radius 1 is 1.06 bits per heavy atom. The van der Waals surface area contributed by atoms with E-state index in [0.29, 0.717) is 37.4 Å². The molecule has 3 aliphatic rings. The maximum atomic E-state index is 13.4. The fourth-order valence-corrected chi connectivity index (χ4v) is 5.44. The van der Waals surface area contributed by atoms with Crippen molar-refractivity contribution in [3.05, 3.63) is 46.2 Å². The van der Waals surface area contributed by atoms with Crippen LogP contribution in [-0.4, -0.2) is 78.5 Å². The molecule has 1 aromatic carbocycles. The van der Waals surface area contributed by atoms with Crippen LogP contribution in [0.2, 0.25) is 0 Å². The van der Waals surface area contributed by atoms with Crippen molar-refractivity contribution in [3.8, 4) is 0 Å². The molecule has 1 atom stereocenters. The molecule has 4 rings (SSSR count). The number of carbonyl (C=O) groups is 3. The normalized spacial score (nSPS) is 21.7. The van der Waals surface area contributed by atoms with Crippen molar-refractivity contribution in [1.29, 1.82) is 0 Å². The van der Waals surface area contributed by atoms with E-state index >= 15 is 0 Å². The lowest BCUT2D eigenvalue weighted by molar-refractivity contribution is -0.139. The van der Waals surface area contributed by atoms with Crippen molar-refractivity contribution in [2.24, 2.45) is 5.92 Å². The van der Waals surface area contributed by atoms with Crippen LogP contribution in [0.3, 0.4) is 0 Å². The zero-order valence-electron chi connectivity index (χ0n) is 22.1. The molecule has 0 spiro atoms. The number of nitrogens with zero attached hydrogens (tertiary/aromatic N) is 3. The first-order valence-electron chi connectivity index (χ1n) is 13.4. The number of carbonyl (C=O) groups excluding carboxylic acids is 3. The highest BCUT2D eigenvalue weighted by Crippen LogP contribution is 2.34. The zero-order valence-corrected chi connectivity index (χ0v) is 22.1. The van der Waals surface area contributed by atoms with E-state index in [1.807, 2.05) is 43.9 Å². The van der Waals surface area contributed by atoms with Crippen LogP contribution < -0.4 is 5.32 Å². The number of aryl methyl sites for hydroxylation is 2. The summed E-state index contributed by atoms with van der Waals surface area (Å²) in [6.07, 6.45) is 4.04. The predicted octanol–water partition coefficient (Wildman–Crippen LogP) is 3.54. The summed E-state index contributed by atoms with van der Waals surface area (Å²) in [5.74, 6) is 0.0934. The van der Waals surface area contributed by atoms with Gasteiger partial charge in [-0.2, -0.15) is 0 Å². The van der Waals surface area contributed by atoms with Crippen LogP contribution in [0.1, 0.15) is 62.3 Å². The van der Waals surface area contributed by atoms with Crippen LogP contribution >= 0.6 is 0 Å². The lowest BCUT2D eigenvalue weighted by Gasteiger charge is -2.38. The summed E-state index contributed by atoms with van der Waals surface area (Å²) in [5, 5.41) is 3.07. The summed E-state index contributed by atoms with van der Waals surface area (Å²) < 4.78 is 5.52. The molecule has 1 unspecified atom stereocenters. The molecular weight excluding hydrogens is 456 g/mol. The Kier molecular flexibility index (Phi) is 8.34. The number of likely N-dealkylation sites (N-methyl/N-ethyl adjacent to an activating group) is 1. The third kappa shape index (κ3) is 5.43. The molecule has 3 amide bonds. The molecule has 8 nitrogen and oxygen atoms in total. The number of amides is 3. The Morgan fingerprint density at radius 2 is 1.83 bits per heavy atom. The van der Waals surface area contributed by atoms with Crippen LogP contribution in [0.4, 0.5) is 4.79 Å². The first-order chi connectivity index (χ1) is 17.3. The summed E-state index contributed by atoms with van der Waals surface area (Å²) >= 11 is 0. The van der Waals surface area contributed by atoms with Gasteiger partial charge < -0.3 is 15.0 Å². The van der Waals surface area contributed by atoms with Crippen LogP contribution in [-0.2, 0) is 14.3 Å². The maximum Gasteiger partial charge on any atom is 0.338 e. The predicted molar refractivity (Wildman–Crippen MR) is 138 cm³/mol. The number of hydrogen-bond donors (Lipinski definition) is 1. The van der Waals surface area contributed by atoms with E-state index in [2.05, 4.69) is 10.2 Å². The van der Waals surface area contributed by atoms with Gasteiger partial charge in [-0.3, -0.25) is 14.6 Å². The molecule has 0 bridgehead atoms. The number of esters is 1. The van der Waals surface area contributed by atoms with Crippen molar-refractivity contribution >= 4 is 17.9 Å². The molecule has 36 heavy (non-hydrogen) atoms. The van der Waals surface area contributed by atoms with Crippen molar-refractivity contribution in [1.82, 2.24) is 20.0 Å². The van der Waals surface area contributed by atoms with Gasteiger partial charge in [-0.15, -0.1) is 0 Å². The minimum atomic E-state index is -0.571. The van der Waals surface area contributed by atoms with E-state index in [1.54, 1.807) is 11.8 Å². The third-order valence-electron chi connectivity index (χ3n) is 7.72. The highest BCUT2D eigenvalue weighted by atomic mass is 16.5. The SMILES string of the molecule is CCOC(=O)C1=C(CN2CCCN(C(=O)C3CCC3)CC2)N(CC)C(=O)NC1c1cc(C)ccc1C. The van der Waals surface area contributed by atoms with E-state index in [0.717, 1.165) is 55.5 Å². The molecule has 2 heterocycles. The Bertz CT molecular complexity index is 1030. The first kappa shape index (κ1) is 26.2. The minimum absolute atomic E-state index is 0.200. The Balaban J connectivity index is 1.66. The van der Waals surface area contributed by atoms with Crippen LogP contribution in [0.25, 0.3) is 0 Å². The van der Waals surface area contributed by atoms with E-state index in [-0.39, 0.29) is 24.5 Å². The van der Waals surface area contributed by atoms with Gasteiger partial charge in [0.25, 0.3) is 0 Å². The Morgan fingerprint density at radius 3 is 2.50 bits per heavy atom. The van der Waals surface area contributed by atoms with Gasteiger partial charge in [-0.1, -0.05) is 30.2 Å². The molecule has 1 aromatic rings. The van der Waals surface area contributed by atoms with Crippen LogP contribution in [0.5, 0.6) is 0 Å². The molecule has 0 aromatic heterocycles. The highest BCUT2D eigenvalue weighted by molar-refractivity contribution is 5.95. The second kappa shape index (κ2) is 11.5. The van der Waals surface area contributed by atoms with Gasteiger partial charge in [0.1, 0.15) is 0 Å². The van der Waals surface area contributed by atoms with Crippen LogP contribution in [0.15, 0.2) is 29.5 Å². The van der Waals surface area contributed by atoms with E-state index in [9.17, 15) is 14.4 Å². The molecular formula is C28H40N4O4. The lowest BCUT2D eigenvalue weighted by atomic mass is 9.84. The molecule has 8 heteroatoms. The van der Waals surface area contributed by atoms with E-state index < -0.39 is 12.0 Å². The molecule has 0 radical (unpaired) electrons. The highest BCUT2D eigenvalue weighted by Gasteiger charge is 2.39. The quantitative estimate of drug-likeness (QED) is 0.584. The smallest absolute Gasteiger partial charge is 0.338 e. The monoisotopic (exact) mass is 496 g/mol. The van der Waals surface area contributed by atoms with E-state index in [4.69, 9.17) is 4.74 Å². The second-order valence-electron chi connectivity index (χ2n) is 10.2. The summed E-state index contributed by atoms with van der Waals surface area (Å²) in [6.45, 7) is 11.9. The van der Waals surface area contributed by atoms with Gasteiger partial charge in [-0.05, 0) is 58.1 Å². The number of benzene rings is 1. The molecule has 196 valence electrons. The zero-order chi connectivity index (χ0) is 25.8. The van der Waals surface area contributed by atoms with Gasteiger partial charge in [0.2, 0.25) is 5.91 Å². The van der Waals surface area contributed by atoms with Crippen molar-refractivity contribution < 1.29 is 19.1 Å². The average molecular weight is 497 g/mol. The molecule has 1 saturated carbocycles. The van der Waals surface area contributed by atoms with E-state index in [1.165, 1.54) is 0 Å². The fourth-order valence-electron chi connectivity index (χ4n) is 5.44. The number of rotatable bonds is 7. The van der Waals surface area contributed by atoms with Gasteiger partial charge in [0.15, 0.2) is 0 Å². The van der Waals surface area contributed by atoms with Gasteiger partial charge >= 0.3 is 12.0 Å². The second-order valence-corrected chi connectivity index (χ2v) is 10.2. The fraction of sp³-hybridized carbons (Fsp3) is 0.607. The van der Waals surface area contributed by atoms with Crippen LogP contribution in [0, 0.1) is 19.8 Å². The summed E-state index contributed by atoms with van der Waals surface area (Å²) in [7, 11) is 0. The molecule has 1 saturated heterocycles. The molecule has 1 N–H and O–H groups in total. The lowest BCUT2D eigenvalue weighted by Crippen LogP contribution is -2.51. The Labute approximate surface area is 214 Å². The number of ether oxygens (including phenoxy) is 1. The van der Waals surface area contributed by atoms with Gasteiger partial charge in [-0.25, -0.2) is 9.59 Å². The maximum absolute atomic E-state index is 13.4. The Hall–Kier alpha value is -2.87. The minimum Gasteiger partial charge on any atom is -0.463 e. The number of nitrogens with one attached hydrogen (secondary N) is 1. The molecule has 2 aliphatic heterocycles. The average Bonchev–Trinajstić information content (AvgIpc) is 3.05. The van der Waals surface area contributed by atoms with Gasteiger partial charge in [0.05, 0.1) is 18.2 Å². The van der Waals surface area contributed by atoms with Crippen molar-refractivity contribution in [2.45, 2.75) is 59.4 Å². The topological polar surface area (TPSA) is 82.2 Å². The first-order valence-corrected chi connectivity index (χ1v) is 13.4. The van der Waals surface area contributed by atoms with Crippen molar-refractivity contribution in [2.75, 3.05) is 45.9 Å². The summed E-state index contributed by atoms with van der Waals surface area (Å²) in [4.78, 5) is 45.4. The third-order valence-corrected chi connectivity index (χ3v) is 7.72.